The molecule has 2 aromatic rings. The van der Waals surface area contributed by atoms with Crippen LogP contribution in [0, 0.1) is 0 Å². The fourth-order valence-electron chi connectivity index (χ4n) is 2.03. The fraction of sp³-hybridized carbons (Fsp3) is 0.250. The minimum atomic E-state index is -0.663. The molecule has 0 radical (unpaired) electrons. The largest absolute Gasteiger partial charge is 0.484 e. The smallest absolute Gasteiger partial charge is 0.359 e. The van der Waals surface area contributed by atoms with Gasteiger partial charge in [-0.15, -0.1) is 0 Å². The van der Waals surface area contributed by atoms with Crippen molar-refractivity contribution in [3.8, 4) is 5.75 Å². The fourth-order valence-corrected chi connectivity index (χ4v) is 2.17. The topological polar surface area (TPSA) is 135 Å². The average Bonchev–Trinajstić information content (AvgIpc) is 3.05. The summed E-state index contributed by atoms with van der Waals surface area (Å²) in [6.45, 7) is 1.58. The van der Waals surface area contributed by atoms with E-state index in [0.29, 0.717) is 22.8 Å². The van der Waals surface area contributed by atoms with E-state index in [1.807, 2.05) is 0 Å². The van der Waals surface area contributed by atoms with Crippen molar-refractivity contribution in [2.75, 3.05) is 6.61 Å². The van der Waals surface area contributed by atoms with Crippen LogP contribution >= 0.6 is 11.6 Å². The van der Waals surface area contributed by atoms with Crippen molar-refractivity contribution in [2.45, 2.75) is 19.4 Å². The van der Waals surface area contributed by atoms with Crippen LogP contribution in [-0.4, -0.2) is 34.1 Å². The van der Waals surface area contributed by atoms with Crippen LogP contribution in [0.25, 0.3) is 0 Å². The molecular weight excluding hydrogens is 362 g/mol. The quantitative estimate of drug-likeness (QED) is 0.306. The van der Waals surface area contributed by atoms with Crippen LogP contribution in [0.5, 0.6) is 5.75 Å². The molecule has 1 amide bonds. The van der Waals surface area contributed by atoms with Crippen molar-refractivity contribution in [3.05, 3.63) is 47.2 Å². The van der Waals surface area contributed by atoms with Crippen molar-refractivity contribution in [1.29, 1.82) is 0 Å². The number of ether oxygens (including phenoxy) is 1. The van der Waals surface area contributed by atoms with Gasteiger partial charge in [0, 0.05) is 11.8 Å². The van der Waals surface area contributed by atoms with Crippen LogP contribution < -0.4 is 16.2 Å². The number of nitrogens with zero attached hydrogens (tertiary/aromatic N) is 3. The second-order valence-electron chi connectivity index (χ2n) is 5.23. The lowest BCUT2D eigenvalue weighted by atomic mass is 10.2. The highest BCUT2D eigenvalue weighted by atomic mass is 35.5. The van der Waals surface area contributed by atoms with E-state index in [1.165, 1.54) is 17.1 Å². The van der Waals surface area contributed by atoms with E-state index in [2.05, 4.69) is 10.3 Å². The summed E-state index contributed by atoms with van der Waals surface area (Å²) in [5, 5.41) is 8.06. The van der Waals surface area contributed by atoms with E-state index in [9.17, 15) is 9.59 Å². The molecule has 138 valence electrons. The zero-order valence-electron chi connectivity index (χ0n) is 14.0. The van der Waals surface area contributed by atoms with E-state index in [4.69, 9.17) is 32.6 Å². The van der Waals surface area contributed by atoms with Crippen LogP contribution in [-0.2, 0) is 14.4 Å². The maximum atomic E-state index is 12.2. The Morgan fingerprint density at radius 3 is 2.54 bits per heavy atom. The first-order valence-corrected chi connectivity index (χ1v) is 8.04. The van der Waals surface area contributed by atoms with Gasteiger partial charge in [-0.25, -0.2) is 4.79 Å². The van der Waals surface area contributed by atoms with Crippen LogP contribution in [0.4, 0.5) is 0 Å². The Morgan fingerprint density at radius 1 is 1.31 bits per heavy atom. The molecule has 26 heavy (non-hydrogen) atoms. The minimum Gasteiger partial charge on any atom is -0.484 e. The van der Waals surface area contributed by atoms with Gasteiger partial charge in [0.15, 0.2) is 18.5 Å². The molecule has 0 aliphatic rings. The molecule has 4 N–H and O–H groups in total. The minimum absolute atomic E-state index is 0.00755. The molecule has 1 aromatic carbocycles. The second kappa shape index (κ2) is 8.86. The third-order valence-corrected chi connectivity index (χ3v) is 3.51. The molecule has 0 aliphatic carbocycles. The molecular formula is C16H18ClN5O4. The van der Waals surface area contributed by atoms with E-state index < -0.39 is 17.9 Å². The average molecular weight is 380 g/mol. The molecule has 10 heteroatoms. The maximum absolute atomic E-state index is 12.2. The standard InChI is InChI=1S/C16H18ClN5O4/c1-2-13(22-8-11(17)7-20-22)16(24)26-21-15(19)10-3-5-12(6-4-10)25-9-14(18)23/h3-8,13H,2,9H2,1H3,(H2,18,23)(H2,19,21). The van der Waals surface area contributed by atoms with Crippen LogP contribution in [0.1, 0.15) is 24.9 Å². The van der Waals surface area contributed by atoms with Crippen molar-refractivity contribution in [1.82, 2.24) is 9.78 Å². The van der Waals surface area contributed by atoms with Gasteiger partial charge < -0.3 is 21.0 Å². The van der Waals surface area contributed by atoms with E-state index in [-0.39, 0.29) is 12.4 Å². The Bertz CT molecular complexity index is 803. The number of nitrogens with two attached hydrogens (primary N) is 2. The molecule has 1 unspecified atom stereocenters. The number of halogens is 1. The van der Waals surface area contributed by atoms with E-state index >= 15 is 0 Å². The highest BCUT2D eigenvalue weighted by Gasteiger charge is 2.21. The van der Waals surface area contributed by atoms with E-state index in [0.717, 1.165) is 0 Å². The summed E-state index contributed by atoms with van der Waals surface area (Å²) in [6, 6.07) is 5.72. The third-order valence-electron chi connectivity index (χ3n) is 3.31. The number of amidine groups is 1. The SMILES string of the molecule is CCC(C(=O)O/N=C(\N)c1ccc(OCC(N)=O)cc1)n1cc(Cl)cn1. The Balaban J connectivity index is 2.00. The summed E-state index contributed by atoms with van der Waals surface area (Å²) >= 11 is 5.81. The summed E-state index contributed by atoms with van der Waals surface area (Å²) in [6.07, 6.45) is 3.39. The van der Waals surface area contributed by atoms with Gasteiger partial charge in [-0.1, -0.05) is 23.7 Å². The lowest BCUT2D eigenvalue weighted by molar-refractivity contribution is -0.148. The first-order valence-electron chi connectivity index (χ1n) is 7.66. The molecule has 0 spiro atoms. The molecule has 0 bridgehead atoms. The zero-order chi connectivity index (χ0) is 19.1. The summed E-state index contributed by atoms with van der Waals surface area (Å²) in [5.74, 6) is -0.741. The molecule has 0 saturated carbocycles. The van der Waals surface area contributed by atoms with E-state index in [1.54, 1.807) is 31.2 Å². The van der Waals surface area contributed by atoms with Crippen molar-refractivity contribution in [2.24, 2.45) is 16.6 Å². The van der Waals surface area contributed by atoms with Gasteiger partial charge in [0.1, 0.15) is 5.75 Å². The number of hydrogen-bond acceptors (Lipinski definition) is 6. The van der Waals surface area contributed by atoms with Crippen molar-refractivity contribution < 1.29 is 19.2 Å². The Labute approximate surface area is 154 Å². The first-order chi connectivity index (χ1) is 12.4. The molecule has 1 atom stereocenters. The van der Waals surface area contributed by atoms with Gasteiger partial charge in [0.2, 0.25) is 0 Å². The highest BCUT2D eigenvalue weighted by Crippen LogP contribution is 2.16. The van der Waals surface area contributed by atoms with Crippen LogP contribution in [0.2, 0.25) is 5.02 Å². The van der Waals surface area contributed by atoms with Gasteiger partial charge in [-0.3, -0.25) is 9.48 Å². The zero-order valence-corrected chi connectivity index (χ0v) is 14.7. The Morgan fingerprint density at radius 2 is 2.00 bits per heavy atom. The monoisotopic (exact) mass is 379 g/mol. The highest BCUT2D eigenvalue weighted by molar-refractivity contribution is 6.30. The number of amides is 1. The predicted molar refractivity (Wildman–Crippen MR) is 94.5 cm³/mol. The predicted octanol–water partition coefficient (Wildman–Crippen LogP) is 1.22. The Hall–Kier alpha value is -3.07. The number of benzene rings is 1. The number of aromatic nitrogens is 2. The van der Waals surface area contributed by atoms with Crippen LogP contribution in [0.3, 0.4) is 0 Å². The molecule has 0 fully saturated rings. The maximum Gasteiger partial charge on any atom is 0.359 e. The molecule has 0 aliphatic heterocycles. The number of carbonyl (C=O) groups excluding carboxylic acids is 2. The van der Waals surface area contributed by atoms with Gasteiger partial charge in [0.05, 0.1) is 11.2 Å². The summed E-state index contributed by atoms with van der Waals surface area (Å²) < 4.78 is 6.54. The van der Waals surface area contributed by atoms with Gasteiger partial charge in [-0.2, -0.15) is 5.10 Å². The normalized spacial score (nSPS) is 12.5. The number of oxime groups is 1. The van der Waals surface area contributed by atoms with Crippen molar-refractivity contribution >= 4 is 29.3 Å². The first kappa shape index (κ1) is 19.3. The van der Waals surface area contributed by atoms with Crippen molar-refractivity contribution in [3.63, 3.8) is 0 Å². The molecule has 1 aromatic heterocycles. The molecule has 9 nitrogen and oxygen atoms in total. The molecule has 0 saturated heterocycles. The Kier molecular flexibility index (Phi) is 6.56. The number of primary amides is 1. The van der Waals surface area contributed by atoms with Crippen LogP contribution in [0.15, 0.2) is 41.8 Å². The molecule has 2 rings (SSSR count). The van der Waals surface area contributed by atoms with Gasteiger partial charge >= 0.3 is 5.97 Å². The summed E-state index contributed by atoms with van der Waals surface area (Å²) in [4.78, 5) is 27.8. The van der Waals surface area contributed by atoms with Gasteiger partial charge in [0.25, 0.3) is 5.91 Å². The second-order valence-corrected chi connectivity index (χ2v) is 5.67. The summed E-state index contributed by atoms with van der Waals surface area (Å²) in [5.41, 5.74) is 11.3. The third kappa shape index (κ3) is 5.21. The summed E-state index contributed by atoms with van der Waals surface area (Å²) in [7, 11) is 0. The number of rotatable bonds is 8. The van der Waals surface area contributed by atoms with Gasteiger partial charge in [-0.05, 0) is 30.7 Å². The lowest BCUT2D eigenvalue weighted by Gasteiger charge is -2.12. The number of carbonyl (C=O) groups is 2. The number of hydrogen-bond donors (Lipinski definition) is 2. The molecule has 1 heterocycles. The lowest BCUT2D eigenvalue weighted by Crippen LogP contribution is -2.22.